The first kappa shape index (κ1) is 35.8. The molecule has 0 aliphatic carbocycles. The van der Waals surface area contributed by atoms with E-state index in [9.17, 15) is 31.9 Å². The molecule has 1 aromatic heterocycles. The molecule has 3 amide bonds. The lowest BCUT2D eigenvalue weighted by Crippen LogP contribution is -2.50. The van der Waals surface area contributed by atoms with Crippen LogP contribution < -0.4 is 26.0 Å². The third-order valence-corrected chi connectivity index (χ3v) is 8.84. The van der Waals surface area contributed by atoms with E-state index >= 15 is 0 Å². The van der Waals surface area contributed by atoms with E-state index in [0.29, 0.717) is 42.7 Å². The molecule has 2 aromatic carbocycles. The zero-order chi connectivity index (χ0) is 34.9. The first-order chi connectivity index (χ1) is 23.6. The number of rotatable bonds is 15. The van der Waals surface area contributed by atoms with Gasteiger partial charge in [0.05, 0.1) is 0 Å². The second-order valence-corrected chi connectivity index (χ2v) is 12.3. The zero-order valence-corrected chi connectivity index (χ0v) is 27.2. The van der Waals surface area contributed by atoms with Crippen LogP contribution in [0.3, 0.4) is 0 Å². The largest absolute Gasteiger partial charge is 0.432 e. The van der Waals surface area contributed by atoms with Gasteiger partial charge in [0.1, 0.15) is 0 Å². The number of benzene rings is 2. The van der Waals surface area contributed by atoms with Crippen LogP contribution in [0.4, 0.5) is 23.2 Å². The van der Waals surface area contributed by atoms with Crippen molar-refractivity contribution in [1.82, 2.24) is 30.8 Å². The molecule has 3 aromatic rings. The number of halogens is 4. The number of nitrogens with one attached hydrogen (secondary N) is 5. The van der Waals surface area contributed by atoms with Crippen molar-refractivity contribution in [2.45, 2.75) is 45.6 Å². The van der Waals surface area contributed by atoms with Gasteiger partial charge in [0.25, 0.3) is 11.8 Å². The van der Waals surface area contributed by atoms with Gasteiger partial charge in [-0.1, -0.05) is 13.0 Å². The molecule has 264 valence electrons. The van der Waals surface area contributed by atoms with Crippen LogP contribution in [0.1, 0.15) is 64.0 Å². The van der Waals surface area contributed by atoms with Crippen molar-refractivity contribution in [2.24, 2.45) is 11.8 Å². The highest BCUT2D eigenvalue weighted by molar-refractivity contribution is 6.02. The predicted molar refractivity (Wildman–Crippen MR) is 174 cm³/mol. The Bertz CT molecular complexity index is 1620. The number of anilines is 1. The Morgan fingerprint density at radius 2 is 1.76 bits per heavy atom. The highest BCUT2D eigenvalue weighted by Crippen LogP contribution is 2.26. The van der Waals surface area contributed by atoms with Crippen LogP contribution in [0.5, 0.6) is 5.75 Å². The van der Waals surface area contributed by atoms with Gasteiger partial charge in [0.15, 0.2) is 17.4 Å². The molecule has 0 spiro atoms. The maximum absolute atomic E-state index is 14.4. The molecule has 2 aliphatic rings. The normalized spacial score (nSPS) is 15.6. The molecular weight excluding hydrogens is 646 g/mol. The van der Waals surface area contributed by atoms with Gasteiger partial charge in [-0.2, -0.15) is 13.2 Å². The Kier molecular flexibility index (Phi) is 12.2. The average molecular weight is 688 g/mol. The number of piperidine rings is 1. The predicted octanol–water partition coefficient (Wildman–Crippen LogP) is 3.86. The van der Waals surface area contributed by atoms with Gasteiger partial charge < -0.3 is 35.9 Å². The molecule has 5 N–H and O–H groups in total. The number of carbonyl (C=O) groups excluding carboxylic acids is 3. The standard InChI is InChI=1S/C34H41F4N7O4/c1-2-21-14-24(44-33(48)30-42-18-25(43-30)15-23-4-7-27(49-34(37)38)29(36)28(23)35)5-6-26(21)32(47)41-11-3-10-40-31(46)22-8-12-45(13-9-22)19-20-16-39-17-20/h4-7,14,18,20,22,34,39H,2-3,8-13,15-17,19H2,1H3,(H,40,46)(H,41,47)(H,42,43)(H,44,48). The van der Waals surface area contributed by atoms with Crippen molar-refractivity contribution in [2.75, 3.05) is 51.1 Å². The van der Waals surface area contributed by atoms with Crippen molar-refractivity contribution in [1.29, 1.82) is 0 Å². The summed E-state index contributed by atoms with van der Waals surface area (Å²) in [6.07, 6.45) is 3.94. The Morgan fingerprint density at radius 1 is 1.00 bits per heavy atom. The first-order valence-electron chi connectivity index (χ1n) is 16.5. The Morgan fingerprint density at radius 3 is 2.45 bits per heavy atom. The summed E-state index contributed by atoms with van der Waals surface area (Å²) in [4.78, 5) is 47.6. The summed E-state index contributed by atoms with van der Waals surface area (Å²) < 4.78 is 57.2. The van der Waals surface area contributed by atoms with Crippen LogP contribution in [-0.2, 0) is 17.6 Å². The number of hydrogen-bond donors (Lipinski definition) is 5. The summed E-state index contributed by atoms with van der Waals surface area (Å²) in [7, 11) is 0. The van der Waals surface area contributed by atoms with Crippen LogP contribution in [0.15, 0.2) is 36.5 Å². The molecule has 11 nitrogen and oxygen atoms in total. The lowest BCUT2D eigenvalue weighted by molar-refractivity contribution is -0.126. The lowest BCUT2D eigenvalue weighted by atomic mass is 9.94. The van der Waals surface area contributed by atoms with Gasteiger partial charge in [-0.15, -0.1) is 0 Å². The molecule has 0 unspecified atom stereocenters. The van der Waals surface area contributed by atoms with Gasteiger partial charge in [-0.05, 0) is 80.1 Å². The number of aromatic amines is 1. The number of aromatic nitrogens is 2. The molecule has 2 aliphatic heterocycles. The van der Waals surface area contributed by atoms with E-state index in [1.165, 1.54) is 6.20 Å². The fourth-order valence-corrected chi connectivity index (χ4v) is 6.00. The summed E-state index contributed by atoms with van der Waals surface area (Å²) in [6.45, 7) is 4.61. The molecule has 0 saturated carbocycles. The fraction of sp³-hybridized carbons (Fsp3) is 0.471. The number of alkyl halides is 2. The summed E-state index contributed by atoms with van der Waals surface area (Å²) in [6, 6.07) is 6.90. The van der Waals surface area contributed by atoms with Gasteiger partial charge in [-0.25, -0.2) is 9.37 Å². The van der Waals surface area contributed by atoms with Crippen LogP contribution in [0.2, 0.25) is 0 Å². The van der Waals surface area contributed by atoms with Gasteiger partial charge in [0, 0.05) is 68.2 Å². The molecule has 3 heterocycles. The highest BCUT2D eigenvalue weighted by Gasteiger charge is 2.27. The monoisotopic (exact) mass is 687 g/mol. The Hall–Kier alpha value is -4.50. The minimum atomic E-state index is -3.30. The quantitative estimate of drug-likeness (QED) is 0.121. The first-order valence-corrected chi connectivity index (χ1v) is 16.5. The van der Waals surface area contributed by atoms with E-state index < -0.39 is 29.9 Å². The Balaban J connectivity index is 1.05. The topological polar surface area (TPSA) is 140 Å². The van der Waals surface area contributed by atoms with E-state index in [-0.39, 0.29) is 41.2 Å². The van der Waals surface area contributed by atoms with Crippen molar-refractivity contribution < 1.29 is 36.7 Å². The van der Waals surface area contributed by atoms with E-state index in [2.05, 4.69) is 40.9 Å². The van der Waals surface area contributed by atoms with Gasteiger partial charge >= 0.3 is 6.61 Å². The van der Waals surface area contributed by atoms with Crippen molar-refractivity contribution in [3.8, 4) is 5.75 Å². The number of imidazole rings is 1. The number of H-pyrrole nitrogens is 1. The highest BCUT2D eigenvalue weighted by atomic mass is 19.3. The van der Waals surface area contributed by atoms with E-state index in [1.807, 2.05) is 6.92 Å². The number of likely N-dealkylation sites (tertiary alicyclic amines) is 1. The third kappa shape index (κ3) is 9.57. The zero-order valence-electron chi connectivity index (χ0n) is 27.2. The SMILES string of the molecule is CCc1cc(NC(=O)c2ncc(Cc3ccc(OC(F)F)c(F)c3F)[nH]2)ccc1C(=O)NCCCNC(=O)C1CCN(CC2CNC2)CC1. The average Bonchev–Trinajstić information content (AvgIpc) is 3.54. The number of nitrogens with zero attached hydrogens (tertiary/aromatic N) is 2. The van der Waals surface area contributed by atoms with Crippen molar-refractivity contribution >= 4 is 23.4 Å². The fourth-order valence-electron chi connectivity index (χ4n) is 6.00. The number of aryl methyl sites for hydroxylation is 1. The maximum Gasteiger partial charge on any atom is 0.387 e. The van der Waals surface area contributed by atoms with Crippen LogP contribution in [0.25, 0.3) is 0 Å². The minimum absolute atomic E-state index is 0.0318. The molecule has 0 radical (unpaired) electrons. The van der Waals surface area contributed by atoms with Gasteiger partial charge in [-0.3, -0.25) is 14.4 Å². The van der Waals surface area contributed by atoms with Crippen LogP contribution in [-0.4, -0.2) is 85.0 Å². The van der Waals surface area contributed by atoms with E-state index in [1.54, 1.807) is 18.2 Å². The van der Waals surface area contributed by atoms with Crippen LogP contribution in [0, 0.1) is 23.5 Å². The van der Waals surface area contributed by atoms with Crippen molar-refractivity contribution in [3.05, 3.63) is 76.4 Å². The summed E-state index contributed by atoms with van der Waals surface area (Å²) in [5, 5.41) is 11.9. The molecule has 15 heteroatoms. The smallest absolute Gasteiger partial charge is 0.387 e. The molecule has 0 bridgehead atoms. The maximum atomic E-state index is 14.4. The number of amides is 3. The molecule has 49 heavy (non-hydrogen) atoms. The molecule has 2 fully saturated rings. The van der Waals surface area contributed by atoms with E-state index in [4.69, 9.17) is 0 Å². The lowest BCUT2D eigenvalue weighted by Gasteiger charge is -2.37. The number of carbonyl (C=O) groups is 3. The van der Waals surface area contributed by atoms with Crippen molar-refractivity contribution in [3.63, 3.8) is 0 Å². The number of hydrogen-bond acceptors (Lipinski definition) is 7. The molecule has 5 rings (SSSR count). The summed E-state index contributed by atoms with van der Waals surface area (Å²) >= 11 is 0. The van der Waals surface area contributed by atoms with Gasteiger partial charge in [0.2, 0.25) is 11.7 Å². The number of ether oxygens (including phenoxy) is 1. The van der Waals surface area contributed by atoms with Crippen LogP contribution >= 0.6 is 0 Å². The molecular formula is C34H41F4N7O4. The van der Waals surface area contributed by atoms with E-state index in [0.717, 1.165) is 63.6 Å². The summed E-state index contributed by atoms with van der Waals surface area (Å²) in [5.41, 5.74) is 1.73. The second kappa shape index (κ2) is 16.7. The third-order valence-electron chi connectivity index (χ3n) is 8.84. The molecule has 2 saturated heterocycles. The Labute approximate surface area is 281 Å². The minimum Gasteiger partial charge on any atom is -0.432 e. The molecule has 0 atom stereocenters. The second-order valence-electron chi connectivity index (χ2n) is 12.3. The summed E-state index contributed by atoms with van der Waals surface area (Å²) in [5.74, 6) is -3.91.